The van der Waals surface area contributed by atoms with E-state index in [1.807, 2.05) is 0 Å². The van der Waals surface area contributed by atoms with Crippen LogP contribution in [0.1, 0.15) is 54.9 Å². The maximum Gasteiger partial charge on any atom is 0.289 e. The summed E-state index contributed by atoms with van der Waals surface area (Å²) >= 11 is 0. The number of nitrogens with one attached hydrogen (secondary N) is 1. The molecular weight excluding hydrogens is 454 g/mol. The highest BCUT2D eigenvalue weighted by molar-refractivity contribution is 7.89. The second-order valence-corrected chi connectivity index (χ2v) is 10.1. The smallest absolute Gasteiger partial charge is 0.289 e. The second kappa shape index (κ2) is 7.80. The molecule has 1 saturated carbocycles. The van der Waals surface area contributed by atoms with Crippen LogP contribution in [0.15, 0.2) is 23.4 Å². The van der Waals surface area contributed by atoms with Crippen molar-refractivity contribution in [3.8, 4) is 0 Å². The molecule has 0 aliphatic heterocycles. The average molecular weight is 477 g/mol. The van der Waals surface area contributed by atoms with Gasteiger partial charge in [0.25, 0.3) is 21.9 Å². The number of rotatable bonds is 6. The number of sulfonamides is 1. The van der Waals surface area contributed by atoms with E-state index in [-0.39, 0.29) is 36.3 Å². The summed E-state index contributed by atoms with van der Waals surface area (Å²) in [5.74, 6) is -7.11. The molecule has 0 unspecified atom stereocenters. The quantitative estimate of drug-likeness (QED) is 0.618. The van der Waals surface area contributed by atoms with Gasteiger partial charge >= 0.3 is 0 Å². The molecule has 2 aromatic rings. The molecule has 1 aliphatic carbocycles. The molecule has 0 spiro atoms. The minimum Gasteiger partial charge on any atom is -0.321 e. The van der Waals surface area contributed by atoms with Crippen molar-refractivity contribution in [1.82, 2.24) is 14.8 Å². The van der Waals surface area contributed by atoms with E-state index in [4.69, 9.17) is 5.14 Å². The number of anilines is 1. The third-order valence-electron chi connectivity index (χ3n) is 5.42. The number of hydrogen-bond acceptors (Lipinski definition) is 5. The first-order valence-corrected chi connectivity index (χ1v) is 11.2. The molecule has 1 atom stereocenters. The van der Waals surface area contributed by atoms with Crippen LogP contribution in [-0.4, -0.2) is 35.0 Å². The van der Waals surface area contributed by atoms with E-state index in [0.717, 1.165) is 16.9 Å². The summed E-state index contributed by atoms with van der Waals surface area (Å²) in [5.41, 5.74) is -1.93. The van der Waals surface area contributed by atoms with E-state index in [0.29, 0.717) is 6.92 Å². The minimum atomic E-state index is -4.14. The van der Waals surface area contributed by atoms with Gasteiger partial charge in [0.1, 0.15) is 11.4 Å². The first-order valence-electron chi connectivity index (χ1n) is 9.65. The number of primary sulfonamides is 1. The van der Waals surface area contributed by atoms with Crippen LogP contribution < -0.4 is 10.5 Å². The van der Waals surface area contributed by atoms with Crippen molar-refractivity contribution in [2.24, 2.45) is 10.6 Å². The number of nitrogens with zero attached hydrogens (tertiary/aromatic N) is 3. The standard InChI is InChI=1S/C19H23F4N5O3S/c1-11-14(16(29)26-12-4-7-25-13(8-12)32(24,30)31)28(27-15(11)18(3,20)21)10-17(2)5-6-19(22,23)9-17/h4,7-8H,5-6,9-10H2,1-3H3,(H2,24,30,31)(H,25,26,29)/t17-/m1/s1. The molecule has 1 amide bonds. The van der Waals surface area contributed by atoms with Crippen molar-refractivity contribution in [2.45, 2.75) is 63.4 Å². The molecule has 2 aromatic heterocycles. The van der Waals surface area contributed by atoms with Gasteiger partial charge in [-0.2, -0.15) is 13.9 Å². The van der Waals surface area contributed by atoms with Gasteiger partial charge < -0.3 is 5.32 Å². The van der Waals surface area contributed by atoms with Gasteiger partial charge in [-0.15, -0.1) is 0 Å². The average Bonchev–Trinajstić information content (AvgIpc) is 3.09. The van der Waals surface area contributed by atoms with Crippen LogP contribution in [0.3, 0.4) is 0 Å². The summed E-state index contributed by atoms with van der Waals surface area (Å²) < 4.78 is 79.8. The molecule has 0 radical (unpaired) electrons. The van der Waals surface area contributed by atoms with E-state index in [1.54, 1.807) is 6.92 Å². The molecular formula is C19H23F4N5O3S. The Labute approximate surface area is 182 Å². The van der Waals surface area contributed by atoms with Crippen molar-refractivity contribution < 1.29 is 30.8 Å². The molecule has 0 saturated heterocycles. The van der Waals surface area contributed by atoms with E-state index in [1.165, 1.54) is 13.0 Å². The molecule has 3 rings (SSSR count). The van der Waals surface area contributed by atoms with Crippen LogP contribution in [0.2, 0.25) is 0 Å². The first-order chi connectivity index (χ1) is 14.5. The molecule has 1 aliphatic rings. The topological polar surface area (TPSA) is 120 Å². The number of aromatic nitrogens is 3. The fourth-order valence-electron chi connectivity index (χ4n) is 3.99. The number of nitrogens with two attached hydrogens (primary N) is 1. The van der Waals surface area contributed by atoms with E-state index < -0.39 is 50.3 Å². The summed E-state index contributed by atoms with van der Waals surface area (Å²) in [5, 5.41) is 10.8. The van der Waals surface area contributed by atoms with Gasteiger partial charge in [-0.1, -0.05) is 6.92 Å². The summed E-state index contributed by atoms with van der Waals surface area (Å²) in [6.45, 7) is 3.35. The maximum absolute atomic E-state index is 14.1. The highest BCUT2D eigenvalue weighted by atomic mass is 32.2. The Morgan fingerprint density at radius 3 is 2.53 bits per heavy atom. The van der Waals surface area contributed by atoms with Gasteiger partial charge in [-0.05, 0) is 24.8 Å². The molecule has 32 heavy (non-hydrogen) atoms. The lowest BCUT2D eigenvalue weighted by Gasteiger charge is -2.24. The summed E-state index contributed by atoms with van der Waals surface area (Å²) in [6, 6.07) is 2.30. The Bertz CT molecular complexity index is 1160. The zero-order valence-corrected chi connectivity index (χ0v) is 18.4. The molecule has 3 N–H and O–H groups in total. The molecule has 176 valence electrons. The minimum absolute atomic E-state index is 0.00425. The predicted molar refractivity (Wildman–Crippen MR) is 107 cm³/mol. The molecule has 1 fully saturated rings. The van der Waals surface area contributed by atoms with Crippen LogP contribution in [-0.2, 0) is 22.5 Å². The van der Waals surface area contributed by atoms with Crippen molar-refractivity contribution in [3.05, 3.63) is 35.3 Å². The van der Waals surface area contributed by atoms with Gasteiger partial charge in [-0.3, -0.25) is 9.48 Å². The molecule has 8 nitrogen and oxygen atoms in total. The van der Waals surface area contributed by atoms with Crippen LogP contribution in [0.5, 0.6) is 0 Å². The zero-order valence-electron chi connectivity index (χ0n) is 17.6. The van der Waals surface area contributed by atoms with Crippen molar-refractivity contribution in [1.29, 1.82) is 0 Å². The Morgan fingerprint density at radius 2 is 2.00 bits per heavy atom. The van der Waals surface area contributed by atoms with E-state index in [9.17, 15) is 30.8 Å². The summed E-state index contributed by atoms with van der Waals surface area (Å²) in [6.07, 6.45) is 0.446. The lowest BCUT2D eigenvalue weighted by Crippen LogP contribution is -2.27. The normalized spacial score (nSPS) is 21.0. The van der Waals surface area contributed by atoms with Gasteiger partial charge in [0.2, 0.25) is 5.92 Å². The van der Waals surface area contributed by atoms with Gasteiger partial charge in [-0.25, -0.2) is 27.3 Å². The zero-order chi connectivity index (χ0) is 24.1. The largest absolute Gasteiger partial charge is 0.321 e. The third-order valence-corrected chi connectivity index (χ3v) is 6.22. The predicted octanol–water partition coefficient (Wildman–Crippen LogP) is 3.42. The van der Waals surface area contributed by atoms with E-state index >= 15 is 0 Å². The number of amides is 1. The number of alkyl halides is 4. The maximum atomic E-state index is 14.1. The van der Waals surface area contributed by atoms with Crippen molar-refractivity contribution >= 4 is 21.6 Å². The highest BCUT2D eigenvalue weighted by Gasteiger charge is 2.47. The lowest BCUT2D eigenvalue weighted by molar-refractivity contribution is -0.00489. The van der Waals surface area contributed by atoms with Crippen molar-refractivity contribution in [3.63, 3.8) is 0 Å². The Balaban J connectivity index is 1.99. The van der Waals surface area contributed by atoms with Crippen LogP contribution in [0, 0.1) is 12.3 Å². The Kier molecular flexibility index (Phi) is 5.88. The summed E-state index contributed by atoms with van der Waals surface area (Å²) in [4.78, 5) is 16.6. The summed E-state index contributed by atoms with van der Waals surface area (Å²) in [7, 11) is -4.14. The fraction of sp³-hybridized carbons (Fsp3) is 0.526. The number of halogens is 4. The number of hydrogen-bond donors (Lipinski definition) is 2. The molecule has 13 heteroatoms. The molecule has 0 bridgehead atoms. The molecule has 2 heterocycles. The van der Waals surface area contributed by atoms with E-state index in [2.05, 4.69) is 15.4 Å². The van der Waals surface area contributed by atoms with Gasteiger partial charge in [0.15, 0.2) is 5.03 Å². The second-order valence-electron chi connectivity index (χ2n) is 8.59. The highest BCUT2D eigenvalue weighted by Crippen LogP contribution is 2.48. The Morgan fingerprint density at radius 1 is 1.34 bits per heavy atom. The lowest BCUT2D eigenvalue weighted by atomic mass is 9.88. The monoisotopic (exact) mass is 477 g/mol. The van der Waals surface area contributed by atoms with Crippen LogP contribution >= 0.6 is 0 Å². The van der Waals surface area contributed by atoms with Gasteiger partial charge in [0, 0.05) is 49.8 Å². The third kappa shape index (κ3) is 5.09. The number of carbonyl (C=O) groups excluding carboxylic acids is 1. The van der Waals surface area contributed by atoms with Crippen LogP contribution in [0.4, 0.5) is 23.2 Å². The number of carbonyl (C=O) groups is 1. The van der Waals surface area contributed by atoms with Crippen LogP contribution in [0.25, 0.3) is 0 Å². The molecule has 0 aromatic carbocycles. The first kappa shape index (κ1) is 24.1. The number of pyridine rings is 1. The Hall–Kier alpha value is -2.54. The fourth-order valence-corrected chi connectivity index (χ4v) is 4.48. The van der Waals surface area contributed by atoms with Crippen molar-refractivity contribution in [2.75, 3.05) is 5.32 Å². The SMILES string of the molecule is Cc1c(C(C)(F)F)nn(C[C@]2(C)CCC(F)(F)C2)c1C(=O)Nc1ccnc(S(N)(=O)=O)c1. The van der Waals surface area contributed by atoms with Gasteiger partial charge in [0.05, 0.1) is 0 Å².